The normalized spacial score (nSPS) is 21.2. The van der Waals surface area contributed by atoms with Crippen molar-refractivity contribution in [2.45, 2.75) is 31.4 Å². The topological polar surface area (TPSA) is 29.5 Å². The molecule has 136 valence electrons. The van der Waals surface area contributed by atoms with Gasteiger partial charge in [0.15, 0.2) is 0 Å². The Morgan fingerprint density at radius 3 is 2.69 bits per heavy atom. The third kappa shape index (κ3) is 3.68. The van der Waals surface area contributed by atoms with Gasteiger partial charge in [0.1, 0.15) is 11.4 Å². The molecule has 0 bridgehead atoms. The van der Waals surface area contributed by atoms with Crippen molar-refractivity contribution in [3.63, 3.8) is 0 Å². The molecule has 0 aromatic heterocycles. The molecule has 0 aliphatic carbocycles. The van der Waals surface area contributed by atoms with Crippen LogP contribution in [0.1, 0.15) is 36.9 Å². The third-order valence-corrected chi connectivity index (χ3v) is 5.45. The van der Waals surface area contributed by atoms with Crippen molar-refractivity contribution in [3.8, 4) is 0 Å². The van der Waals surface area contributed by atoms with Crippen LogP contribution in [0.25, 0.3) is 0 Å². The van der Waals surface area contributed by atoms with Crippen molar-refractivity contribution in [2.24, 2.45) is 0 Å². The van der Waals surface area contributed by atoms with Crippen molar-refractivity contribution in [1.82, 2.24) is 4.90 Å². The van der Waals surface area contributed by atoms with Gasteiger partial charge in [-0.15, -0.1) is 6.58 Å². The number of nitrogens with zero attached hydrogens (tertiary/aromatic N) is 1. The third-order valence-electron chi connectivity index (χ3n) is 4.92. The lowest BCUT2D eigenvalue weighted by molar-refractivity contribution is -0.0590. The van der Waals surface area contributed by atoms with Crippen molar-refractivity contribution < 1.29 is 13.9 Å². The summed E-state index contributed by atoms with van der Waals surface area (Å²) >= 11 is 3.42. The van der Waals surface area contributed by atoms with E-state index in [1.54, 1.807) is 23.1 Å². The number of amides is 1. The smallest absolute Gasteiger partial charge is 0.411 e. The lowest BCUT2D eigenvalue weighted by Gasteiger charge is -2.43. The number of hydrogen-bond donors (Lipinski definition) is 0. The zero-order valence-corrected chi connectivity index (χ0v) is 16.2. The Kier molecular flexibility index (Phi) is 5.47. The molecule has 2 atom stereocenters. The fourth-order valence-electron chi connectivity index (χ4n) is 3.41. The van der Waals surface area contributed by atoms with Gasteiger partial charge in [0.25, 0.3) is 0 Å². The first kappa shape index (κ1) is 18.6. The Labute approximate surface area is 161 Å². The SMILES string of the molecule is C=CCC1(c2cccc(F)c2)CCN([C@@H](C)c2ccc(Br)cc2)C(=O)O1. The number of halogens is 2. The second-order valence-electron chi connectivity index (χ2n) is 6.54. The molecule has 26 heavy (non-hydrogen) atoms. The number of benzene rings is 2. The summed E-state index contributed by atoms with van der Waals surface area (Å²) in [6.07, 6.45) is 2.35. The summed E-state index contributed by atoms with van der Waals surface area (Å²) in [7, 11) is 0. The fraction of sp³-hybridized carbons (Fsp3) is 0.286. The number of rotatable bonds is 5. The van der Waals surface area contributed by atoms with Gasteiger partial charge in [-0.25, -0.2) is 9.18 Å². The average Bonchev–Trinajstić information content (AvgIpc) is 2.62. The van der Waals surface area contributed by atoms with E-state index >= 15 is 0 Å². The maximum Gasteiger partial charge on any atom is 0.411 e. The first-order valence-corrected chi connectivity index (χ1v) is 9.36. The van der Waals surface area contributed by atoms with Crippen LogP contribution in [-0.2, 0) is 10.3 Å². The van der Waals surface area contributed by atoms with Crippen molar-refractivity contribution in [3.05, 3.63) is 82.6 Å². The monoisotopic (exact) mass is 417 g/mol. The number of carbonyl (C=O) groups excluding carboxylic acids is 1. The molecule has 3 nitrogen and oxygen atoms in total. The molecular formula is C21H21BrFNO2. The number of ether oxygens (including phenoxy) is 1. The minimum Gasteiger partial charge on any atom is -0.437 e. The van der Waals surface area contributed by atoms with Crippen molar-refractivity contribution >= 4 is 22.0 Å². The molecule has 2 aromatic rings. The first-order chi connectivity index (χ1) is 12.4. The molecule has 1 fully saturated rings. The summed E-state index contributed by atoms with van der Waals surface area (Å²) in [5.74, 6) is -0.340. The summed E-state index contributed by atoms with van der Waals surface area (Å²) in [5, 5.41) is 0. The van der Waals surface area contributed by atoms with Gasteiger partial charge in [-0.2, -0.15) is 0 Å². The van der Waals surface area contributed by atoms with E-state index in [4.69, 9.17) is 4.74 Å². The van der Waals surface area contributed by atoms with E-state index in [-0.39, 0.29) is 11.9 Å². The molecule has 1 heterocycles. The van der Waals surface area contributed by atoms with Crippen LogP contribution < -0.4 is 0 Å². The largest absolute Gasteiger partial charge is 0.437 e. The lowest BCUT2D eigenvalue weighted by atomic mass is 9.85. The number of cyclic esters (lactones) is 1. The van der Waals surface area contributed by atoms with Crippen LogP contribution in [0.3, 0.4) is 0 Å². The van der Waals surface area contributed by atoms with Gasteiger partial charge < -0.3 is 9.64 Å². The lowest BCUT2D eigenvalue weighted by Crippen LogP contribution is -2.48. The molecular weight excluding hydrogens is 397 g/mol. The molecule has 3 rings (SSSR count). The second-order valence-corrected chi connectivity index (χ2v) is 7.45. The maximum atomic E-state index is 13.7. The van der Waals surface area contributed by atoms with Crippen LogP contribution in [0.4, 0.5) is 9.18 Å². The Morgan fingerprint density at radius 2 is 2.08 bits per heavy atom. The Bertz CT molecular complexity index is 808. The summed E-state index contributed by atoms with van der Waals surface area (Å²) in [4.78, 5) is 14.5. The summed E-state index contributed by atoms with van der Waals surface area (Å²) < 4.78 is 20.6. The van der Waals surface area contributed by atoms with Gasteiger partial charge in [0.2, 0.25) is 0 Å². The molecule has 1 saturated heterocycles. The highest BCUT2D eigenvalue weighted by atomic mass is 79.9. The van der Waals surface area contributed by atoms with E-state index < -0.39 is 11.7 Å². The predicted octanol–water partition coefficient (Wildman–Crippen LogP) is 5.96. The highest BCUT2D eigenvalue weighted by molar-refractivity contribution is 9.10. The van der Waals surface area contributed by atoms with E-state index in [2.05, 4.69) is 22.5 Å². The zero-order chi connectivity index (χ0) is 18.7. The van der Waals surface area contributed by atoms with Crippen LogP contribution in [0, 0.1) is 5.82 Å². The van der Waals surface area contributed by atoms with Gasteiger partial charge in [0.05, 0.1) is 6.04 Å². The van der Waals surface area contributed by atoms with E-state index in [1.807, 2.05) is 31.2 Å². The van der Waals surface area contributed by atoms with E-state index in [1.165, 1.54) is 12.1 Å². The Morgan fingerprint density at radius 1 is 1.35 bits per heavy atom. The van der Waals surface area contributed by atoms with Crippen molar-refractivity contribution in [1.29, 1.82) is 0 Å². The molecule has 1 unspecified atom stereocenters. The van der Waals surface area contributed by atoms with Crippen LogP contribution in [0.5, 0.6) is 0 Å². The van der Waals surface area contributed by atoms with Gasteiger partial charge >= 0.3 is 6.09 Å². The zero-order valence-electron chi connectivity index (χ0n) is 14.6. The minimum atomic E-state index is -0.864. The van der Waals surface area contributed by atoms with Crippen LogP contribution in [-0.4, -0.2) is 17.5 Å². The molecule has 1 aliphatic rings. The predicted molar refractivity (Wildman–Crippen MR) is 103 cm³/mol. The van der Waals surface area contributed by atoms with Crippen LogP contribution in [0.15, 0.2) is 65.7 Å². The molecule has 1 aliphatic heterocycles. The molecule has 5 heteroatoms. The highest BCUT2D eigenvalue weighted by Crippen LogP contribution is 2.40. The molecule has 0 radical (unpaired) electrons. The van der Waals surface area contributed by atoms with E-state index in [0.29, 0.717) is 24.9 Å². The molecule has 0 spiro atoms. The fourth-order valence-corrected chi connectivity index (χ4v) is 3.68. The van der Waals surface area contributed by atoms with Crippen molar-refractivity contribution in [2.75, 3.05) is 6.54 Å². The van der Waals surface area contributed by atoms with Crippen LogP contribution >= 0.6 is 15.9 Å². The summed E-state index contributed by atoms with van der Waals surface area (Å²) in [6, 6.07) is 14.0. The summed E-state index contributed by atoms with van der Waals surface area (Å²) in [5.41, 5.74) is 0.838. The van der Waals surface area contributed by atoms with E-state index in [9.17, 15) is 9.18 Å². The maximum absolute atomic E-state index is 13.7. The quantitative estimate of drug-likeness (QED) is 0.561. The van der Waals surface area contributed by atoms with Crippen LogP contribution in [0.2, 0.25) is 0 Å². The summed E-state index contributed by atoms with van der Waals surface area (Å²) in [6.45, 7) is 6.29. The van der Waals surface area contributed by atoms with Gasteiger partial charge in [-0.1, -0.05) is 46.3 Å². The minimum absolute atomic E-state index is 0.107. The Hall–Kier alpha value is -2.14. The second kappa shape index (κ2) is 7.62. The van der Waals surface area contributed by atoms with Gasteiger partial charge in [-0.05, 0) is 42.3 Å². The molecule has 1 amide bonds. The standard InChI is InChI=1S/C21H21BrFNO2/c1-3-11-21(17-5-4-6-19(23)14-17)12-13-24(20(25)26-21)15(2)16-7-9-18(22)10-8-16/h3-10,14-15H,1,11-13H2,2H3/t15-,21?/m0/s1. The number of hydrogen-bond acceptors (Lipinski definition) is 2. The number of carbonyl (C=O) groups is 1. The van der Waals surface area contributed by atoms with Gasteiger partial charge in [0, 0.05) is 23.9 Å². The van der Waals surface area contributed by atoms with Gasteiger partial charge in [-0.3, -0.25) is 0 Å². The molecule has 0 saturated carbocycles. The van der Waals surface area contributed by atoms with E-state index in [0.717, 1.165) is 10.0 Å². The highest BCUT2D eigenvalue weighted by Gasteiger charge is 2.42. The average molecular weight is 418 g/mol. The Balaban J connectivity index is 1.84. The molecule has 2 aromatic carbocycles. The first-order valence-electron chi connectivity index (χ1n) is 8.57. The molecule has 0 N–H and O–H groups in total.